The van der Waals surface area contributed by atoms with Crippen LogP contribution >= 0.6 is 8.15 Å². The van der Waals surface area contributed by atoms with E-state index in [0.29, 0.717) is 16.0 Å². The van der Waals surface area contributed by atoms with Gasteiger partial charge in [-0.25, -0.2) is 0 Å². The average molecular weight is 260 g/mol. The first-order chi connectivity index (χ1) is 7.33. The molecule has 1 atom stereocenters. The molecular weight excluding hydrogens is 227 g/mol. The van der Waals surface area contributed by atoms with Crippen molar-refractivity contribution >= 4 is 8.15 Å². The highest BCUT2D eigenvalue weighted by Gasteiger charge is 2.31. The van der Waals surface area contributed by atoms with Crippen LogP contribution in [-0.2, 0) is 4.52 Å². The second-order valence-corrected chi connectivity index (χ2v) is 10.7. The molecule has 0 aromatic rings. The van der Waals surface area contributed by atoms with Crippen molar-refractivity contribution in [1.29, 1.82) is 0 Å². The van der Waals surface area contributed by atoms with Gasteiger partial charge < -0.3 is 4.52 Å². The van der Waals surface area contributed by atoms with Gasteiger partial charge in [0.15, 0.2) is 0 Å². The highest BCUT2D eigenvalue weighted by Crippen LogP contribution is 2.52. The molecule has 0 rings (SSSR count). The summed E-state index contributed by atoms with van der Waals surface area (Å²) in [4.78, 5) is 0. The first kappa shape index (κ1) is 17.4. The van der Waals surface area contributed by atoms with Crippen LogP contribution in [0.25, 0.3) is 0 Å². The van der Waals surface area contributed by atoms with Gasteiger partial charge in [-0.05, 0) is 30.3 Å². The van der Waals surface area contributed by atoms with Crippen molar-refractivity contribution in [1.82, 2.24) is 0 Å². The summed E-state index contributed by atoms with van der Waals surface area (Å²) < 4.78 is 6.09. The van der Waals surface area contributed by atoms with Crippen LogP contribution in [0.1, 0.15) is 68.2 Å². The van der Waals surface area contributed by atoms with E-state index in [1.807, 2.05) is 0 Å². The minimum Gasteiger partial charge on any atom is -0.359 e. The van der Waals surface area contributed by atoms with Crippen molar-refractivity contribution in [3.8, 4) is 0 Å². The third kappa shape index (κ3) is 9.03. The summed E-state index contributed by atoms with van der Waals surface area (Å²) in [6, 6.07) is 0. The van der Waals surface area contributed by atoms with Crippen molar-refractivity contribution in [3.05, 3.63) is 0 Å². The van der Waals surface area contributed by atoms with E-state index < -0.39 is 0 Å². The smallest absolute Gasteiger partial charge is 0.0514 e. The summed E-state index contributed by atoms with van der Waals surface area (Å²) in [6.07, 6.45) is 2.36. The Morgan fingerprint density at radius 2 is 1.29 bits per heavy atom. The van der Waals surface area contributed by atoms with Crippen LogP contribution in [0.3, 0.4) is 0 Å². The van der Waals surface area contributed by atoms with Crippen LogP contribution < -0.4 is 0 Å². The van der Waals surface area contributed by atoms with Gasteiger partial charge in [0.25, 0.3) is 0 Å². The lowest BCUT2D eigenvalue weighted by Gasteiger charge is -2.37. The molecular formula is C15H33OP. The Balaban J connectivity index is 4.16. The molecule has 0 bridgehead atoms. The Morgan fingerprint density at radius 3 is 1.65 bits per heavy atom. The third-order valence-corrected chi connectivity index (χ3v) is 5.39. The molecule has 0 heterocycles. The van der Waals surface area contributed by atoms with Gasteiger partial charge >= 0.3 is 0 Å². The van der Waals surface area contributed by atoms with Gasteiger partial charge in [-0.3, -0.25) is 0 Å². The lowest BCUT2D eigenvalue weighted by Crippen LogP contribution is -2.26. The minimum atomic E-state index is -0.341. The fourth-order valence-electron chi connectivity index (χ4n) is 2.07. The molecule has 0 aliphatic carbocycles. The highest BCUT2D eigenvalue weighted by molar-refractivity contribution is 7.53. The Bertz CT molecular complexity index is 220. The quantitative estimate of drug-likeness (QED) is 0.578. The van der Waals surface area contributed by atoms with Gasteiger partial charge in [0.1, 0.15) is 0 Å². The van der Waals surface area contributed by atoms with Crippen molar-refractivity contribution < 1.29 is 4.52 Å². The molecule has 0 fully saturated rings. The van der Waals surface area contributed by atoms with Gasteiger partial charge in [0.05, 0.1) is 6.61 Å². The van der Waals surface area contributed by atoms with E-state index in [1.165, 1.54) is 6.42 Å². The minimum absolute atomic E-state index is 0.311. The SMILES string of the molecule is CP(OCCC(C)(C)C)C(C)(C)CC(C)(C)C. The second-order valence-electron chi connectivity index (χ2n) is 8.19. The fourth-order valence-corrected chi connectivity index (χ4v) is 3.48. The Labute approximate surface area is 111 Å². The molecule has 0 aromatic carbocycles. The van der Waals surface area contributed by atoms with Crippen LogP contribution in [0.5, 0.6) is 0 Å². The molecule has 0 saturated heterocycles. The van der Waals surface area contributed by atoms with Gasteiger partial charge in [-0.1, -0.05) is 55.4 Å². The van der Waals surface area contributed by atoms with E-state index in [9.17, 15) is 0 Å². The zero-order valence-corrected chi connectivity index (χ0v) is 14.4. The molecule has 17 heavy (non-hydrogen) atoms. The lowest BCUT2D eigenvalue weighted by molar-refractivity contribution is 0.248. The molecule has 0 aromatic heterocycles. The first-order valence-electron chi connectivity index (χ1n) is 6.70. The maximum Gasteiger partial charge on any atom is 0.0514 e. The molecule has 2 heteroatoms. The molecule has 0 spiro atoms. The maximum atomic E-state index is 6.09. The van der Waals surface area contributed by atoms with Crippen molar-refractivity contribution in [2.45, 2.75) is 73.4 Å². The van der Waals surface area contributed by atoms with E-state index in [4.69, 9.17) is 4.52 Å². The summed E-state index contributed by atoms with van der Waals surface area (Å²) >= 11 is 0. The largest absolute Gasteiger partial charge is 0.359 e. The molecule has 0 aliphatic rings. The van der Waals surface area contributed by atoms with Gasteiger partial charge in [0.2, 0.25) is 0 Å². The molecule has 0 N–H and O–H groups in total. The standard InChI is InChI=1S/C15H33OP/c1-13(2,3)10-11-16-17(9)15(7,8)12-14(4,5)6/h10-12H2,1-9H3. The fraction of sp³-hybridized carbons (Fsp3) is 1.00. The van der Waals surface area contributed by atoms with Crippen LogP contribution in [0.15, 0.2) is 0 Å². The first-order valence-corrected chi connectivity index (χ1v) is 8.41. The van der Waals surface area contributed by atoms with Gasteiger partial charge in [0, 0.05) is 13.3 Å². The Morgan fingerprint density at radius 1 is 0.824 bits per heavy atom. The normalized spacial score (nSPS) is 16.1. The molecule has 1 nitrogen and oxygen atoms in total. The number of hydrogen-bond donors (Lipinski definition) is 0. The molecule has 0 amide bonds. The molecule has 0 radical (unpaired) electrons. The summed E-state index contributed by atoms with van der Waals surface area (Å²) in [5.74, 6) is 0. The monoisotopic (exact) mass is 260 g/mol. The summed E-state index contributed by atoms with van der Waals surface area (Å²) in [6.45, 7) is 21.6. The lowest BCUT2D eigenvalue weighted by atomic mass is 9.86. The zero-order chi connectivity index (χ0) is 13.9. The van der Waals surface area contributed by atoms with E-state index in [1.54, 1.807) is 0 Å². The van der Waals surface area contributed by atoms with Crippen LogP contribution in [-0.4, -0.2) is 18.4 Å². The summed E-state index contributed by atoms with van der Waals surface area (Å²) in [5, 5.41) is 0.311. The molecule has 104 valence electrons. The maximum absolute atomic E-state index is 6.09. The predicted octanol–water partition coefficient (Wildman–Crippen LogP) is 5.68. The topological polar surface area (TPSA) is 9.23 Å². The van der Waals surface area contributed by atoms with Gasteiger partial charge in [-0.2, -0.15) is 0 Å². The van der Waals surface area contributed by atoms with Gasteiger partial charge in [-0.15, -0.1) is 0 Å². The Kier molecular flexibility index (Phi) is 6.16. The second kappa shape index (κ2) is 6.02. The van der Waals surface area contributed by atoms with E-state index in [2.05, 4.69) is 62.1 Å². The zero-order valence-electron chi connectivity index (χ0n) is 13.5. The van der Waals surface area contributed by atoms with Crippen molar-refractivity contribution in [2.24, 2.45) is 10.8 Å². The predicted molar refractivity (Wildman–Crippen MR) is 81.0 cm³/mol. The Hall–Kier alpha value is 0.390. The molecule has 0 saturated carbocycles. The average Bonchev–Trinajstić information content (AvgIpc) is 1.96. The van der Waals surface area contributed by atoms with E-state index in [0.717, 1.165) is 13.0 Å². The van der Waals surface area contributed by atoms with E-state index >= 15 is 0 Å². The number of hydrogen-bond acceptors (Lipinski definition) is 1. The van der Waals surface area contributed by atoms with E-state index in [-0.39, 0.29) is 8.15 Å². The third-order valence-electron chi connectivity index (χ3n) is 2.95. The van der Waals surface area contributed by atoms with Crippen LogP contribution in [0, 0.1) is 10.8 Å². The summed E-state index contributed by atoms with van der Waals surface area (Å²) in [5.41, 5.74) is 0.762. The number of rotatable bonds is 5. The van der Waals surface area contributed by atoms with Crippen molar-refractivity contribution in [2.75, 3.05) is 13.3 Å². The molecule has 1 unspecified atom stereocenters. The van der Waals surface area contributed by atoms with Crippen LogP contribution in [0.2, 0.25) is 0 Å². The van der Waals surface area contributed by atoms with Crippen LogP contribution in [0.4, 0.5) is 0 Å². The summed E-state index contributed by atoms with van der Waals surface area (Å²) in [7, 11) is -0.341. The van der Waals surface area contributed by atoms with Crippen molar-refractivity contribution in [3.63, 3.8) is 0 Å². The highest BCUT2D eigenvalue weighted by atomic mass is 31.1. The molecule has 0 aliphatic heterocycles.